The Kier molecular flexibility index (Phi) is 149. The SMILES string of the molecule is F.S.[Ba+2].[Cu].[H-].[H-]. The molecule has 0 bridgehead atoms. The van der Waals surface area contributed by atoms with Gasteiger partial charge in [0.2, 0.25) is 0 Å². The summed E-state index contributed by atoms with van der Waals surface area (Å²) in [5.74, 6) is 0. The molecular weight excluding hydrogens is 252 g/mol. The van der Waals surface area contributed by atoms with Gasteiger partial charge in [0.05, 0.1) is 0 Å². The van der Waals surface area contributed by atoms with Crippen molar-refractivity contribution in [2.45, 2.75) is 0 Å². The minimum Gasteiger partial charge on any atom is -1.00 e. The minimum absolute atomic E-state index is 0. The van der Waals surface area contributed by atoms with Crippen molar-refractivity contribution in [3.8, 4) is 0 Å². The normalized spacial score (nSPS) is 0. The van der Waals surface area contributed by atoms with Crippen LogP contribution in [0.1, 0.15) is 2.85 Å². The Balaban J connectivity index is 0. The van der Waals surface area contributed by atoms with Gasteiger partial charge in [-0.15, -0.1) is 0 Å². The molecule has 0 rings (SSSR count). The van der Waals surface area contributed by atoms with Gasteiger partial charge in [-0.05, 0) is 0 Å². The van der Waals surface area contributed by atoms with E-state index in [1.807, 2.05) is 0 Å². The van der Waals surface area contributed by atoms with Crippen LogP contribution in [0.25, 0.3) is 0 Å². The fourth-order valence-electron chi connectivity index (χ4n) is 0. The Morgan fingerprint density at radius 2 is 1.25 bits per heavy atom. The van der Waals surface area contributed by atoms with E-state index in [-0.39, 0.29) is 87.0 Å². The van der Waals surface area contributed by atoms with Crippen molar-refractivity contribution in [1.29, 1.82) is 0 Å². The molecular formula is H5BaCuFS. The molecule has 0 N–H and O–H groups in total. The quantitative estimate of drug-likeness (QED) is 0.540. The fourth-order valence-corrected chi connectivity index (χ4v) is 0. The van der Waals surface area contributed by atoms with E-state index in [1.165, 1.54) is 0 Å². The maximum absolute atomic E-state index is 0. The van der Waals surface area contributed by atoms with E-state index in [4.69, 9.17) is 0 Å². The molecule has 31 valence electrons. The number of halogens is 1. The van der Waals surface area contributed by atoms with E-state index >= 15 is 0 Å². The predicted molar refractivity (Wildman–Crippen MR) is 20.9 cm³/mol. The molecule has 0 aliphatic rings. The van der Waals surface area contributed by atoms with Crippen LogP contribution < -0.4 is 0 Å². The first-order valence-corrected chi connectivity index (χ1v) is 0. The Morgan fingerprint density at radius 1 is 1.25 bits per heavy atom. The molecule has 4 heavy (non-hydrogen) atoms. The smallest absolute Gasteiger partial charge is 1.00 e. The first kappa shape index (κ1) is 32.7. The molecule has 0 saturated carbocycles. The number of rotatable bonds is 0. The van der Waals surface area contributed by atoms with Crippen molar-refractivity contribution >= 4 is 62.4 Å². The molecule has 0 aromatic carbocycles. The van der Waals surface area contributed by atoms with Crippen LogP contribution in [-0.4, -0.2) is 48.9 Å². The van der Waals surface area contributed by atoms with Gasteiger partial charge in [0.15, 0.2) is 0 Å². The minimum atomic E-state index is 0. The second-order valence-electron chi connectivity index (χ2n) is 0. The van der Waals surface area contributed by atoms with E-state index in [1.54, 1.807) is 0 Å². The maximum Gasteiger partial charge on any atom is 2.00 e. The van der Waals surface area contributed by atoms with E-state index in [9.17, 15) is 0 Å². The van der Waals surface area contributed by atoms with Crippen LogP contribution >= 0.6 is 13.5 Å². The average molecular weight is 257 g/mol. The van der Waals surface area contributed by atoms with E-state index in [0.717, 1.165) is 0 Å². The summed E-state index contributed by atoms with van der Waals surface area (Å²) < 4.78 is 0. The van der Waals surface area contributed by atoms with Crippen molar-refractivity contribution < 1.29 is 24.6 Å². The molecule has 0 atom stereocenters. The topological polar surface area (TPSA) is 0 Å². The number of hydrogen-bond acceptors (Lipinski definition) is 0. The van der Waals surface area contributed by atoms with Gasteiger partial charge in [-0.2, -0.15) is 13.5 Å². The number of hydrogen-bond donors (Lipinski definition) is 0. The van der Waals surface area contributed by atoms with Crippen LogP contribution in [0.2, 0.25) is 0 Å². The average Bonchev–Trinajstić information content (AvgIpc) is 0. The zero-order chi connectivity index (χ0) is 0. The van der Waals surface area contributed by atoms with E-state index in [0.29, 0.717) is 0 Å². The first-order chi connectivity index (χ1) is 0. The third-order valence-electron chi connectivity index (χ3n) is 0. The van der Waals surface area contributed by atoms with Gasteiger partial charge < -0.3 is 2.85 Å². The molecule has 0 aliphatic carbocycles. The molecule has 4 heteroatoms. The van der Waals surface area contributed by atoms with Crippen molar-refractivity contribution in [2.75, 3.05) is 0 Å². The van der Waals surface area contributed by atoms with Crippen LogP contribution in [0, 0.1) is 0 Å². The Morgan fingerprint density at radius 3 is 1.25 bits per heavy atom. The van der Waals surface area contributed by atoms with Crippen LogP contribution in [0.4, 0.5) is 4.70 Å². The molecule has 0 aromatic rings. The predicted octanol–water partition coefficient (Wildman–Crippen LogP) is 0.107. The molecule has 0 amide bonds. The van der Waals surface area contributed by atoms with Gasteiger partial charge >= 0.3 is 48.9 Å². The van der Waals surface area contributed by atoms with E-state index in [2.05, 4.69) is 0 Å². The van der Waals surface area contributed by atoms with Crippen molar-refractivity contribution in [3.05, 3.63) is 0 Å². The first-order valence-electron chi connectivity index (χ1n) is 0. The molecule has 0 heterocycles. The van der Waals surface area contributed by atoms with Gasteiger partial charge in [0, 0.05) is 17.1 Å². The summed E-state index contributed by atoms with van der Waals surface area (Å²) in [4.78, 5) is 0. The van der Waals surface area contributed by atoms with Gasteiger partial charge in [-0.25, -0.2) is 0 Å². The monoisotopic (exact) mass is 257 g/mol. The van der Waals surface area contributed by atoms with Gasteiger partial charge in [-0.1, -0.05) is 0 Å². The Bertz CT molecular complexity index is 13.5. The summed E-state index contributed by atoms with van der Waals surface area (Å²) in [5, 5.41) is 0. The summed E-state index contributed by atoms with van der Waals surface area (Å²) in [6, 6.07) is 0. The molecule has 0 unspecified atom stereocenters. The molecule has 0 aliphatic heterocycles. The molecule has 0 spiro atoms. The summed E-state index contributed by atoms with van der Waals surface area (Å²) >= 11 is 0. The van der Waals surface area contributed by atoms with Crippen LogP contribution in [0.3, 0.4) is 0 Å². The van der Waals surface area contributed by atoms with Crippen LogP contribution in [0.15, 0.2) is 0 Å². The van der Waals surface area contributed by atoms with Crippen LogP contribution in [-0.2, 0) is 17.1 Å². The zero-order valence-corrected chi connectivity index (χ0v) is 8.30. The third kappa shape index (κ3) is 8.84. The summed E-state index contributed by atoms with van der Waals surface area (Å²) in [6.45, 7) is 0. The summed E-state index contributed by atoms with van der Waals surface area (Å²) in [5.41, 5.74) is 0. The van der Waals surface area contributed by atoms with Crippen LogP contribution in [0.5, 0.6) is 0 Å². The third-order valence-corrected chi connectivity index (χ3v) is 0. The van der Waals surface area contributed by atoms with E-state index < -0.39 is 0 Å². The Hall–Kier alpha value is 2.37. The van der Waals surface area contributed by atoms with Gasteiger partial charge in [0.1, 0.15) is 0 Å². The molecule has 0 saturated heterocycles. The molecule has 1 radical (unpaired) electrons. The second-order valence-corrected chi connectivity index (χ2v) is 0. The molecule has 0 nitrogen and oxygen atoms in total. The molecule has 0 aromatic heterocycles. The van der Waals surface area contributed by atoms with Gasteiger partial charge in [0.25, 0.3) is 0 Å². The van der Waals surface area contributed by atoms with Crippen molar-refractivity contribution in [2.24, 2.45) is 0 Å². The zero-order valence-electron chi connectivity index (χ0n) is 3.92. The second kappa shape index (κ2) is 18.3. The fraction of sp³-hybridized carbons (Fsp3) is 0. The largest absolute Gasteiger partial charge is 2.00 e. The van der Waals surface area contributed by atoms with Crippen molar-refractivity contribution in [3.63, 3.8) is 0 Å². The molecule has 0 fully saturated rings. The standard InChI is InChI=1S/Ba.Cu.FH.H2S.2H/h;;1H;1H2;;/q+2;;;;2*-1. The van der Waals surface area contributed by atoms with Crippen molar-refractivity contribution in [1.82, 2.24) is 0 Å². The summed E-state index contributed by atoms with van der Waals surface area (Å²) in [7, 11) is 0. The Labute approximate surface area is 85.4 Å². The summed E-state index contributed by atoms with van der Waals surface area (Å²) in [6.07, 6.45) is 0. The van der Waals surface area contributed by atoms with Gasteiger partial charge in [-0.3, -0.25) is 4.70 Å². The maximum atomic E-state index is 0.